The number of thioether (sulfide) groups is 1. The average molecular weight is 291 g/mol. The number of amides is 1. The van der Waals surface area contributed by atoms with Crippen LogP contribution in [0.3, 0.4) is 0 Å². The number of pyridine rings is 1. The fraction of sp³-hybridized carbons (Fsp3) is 0.143. The molecule has 1 amide bonds. The molecule has 2 rings (SSSR count). The van der Waals surface area contributed by atoms with Crippen molar-refractivity contribution in [3.63, 3.8) is 0 Å². The Morgan fingerprint density at radius 1 is 1.45 bits per heavy atom. The predicted molar refractivity (Wildman–Crippen MR) is 79.1 cm³/mol. The molecular formula is C14H14FN3OS. The Morgan fingerprint density at radius 3 is 3.00 bits per heavy atom. The maximum Gasteiger partial charge on any atom is 0.234 e. The summed E-state index contributed by atoms with van der Waals surface area (Å²) in [7, 11) is 0. The van der Waals surface area contributed by atoms with E-state index in [1.807, 2.05) is 6.92 Å². The predicted octanol–water partition coefficient (Wildman–Crippen LogP) is 2.84. The third kappa shape index (κ3) is 3.71. The van der Waals surface area contributed by atoms with Crippen LogP contribution in [0.1, 0.15) is 5.56 Å². The molecule has 104 valence electrons. The molecule has 3 N–H and O–H groups in total. The summed E-state index contributed by atoms with van der Waals surface area (Å²) in [6.45, 7) is 1.81. The molecule has 0 saturated carbocycles. The zero-order chi connectivity index (χ0) is 14.5. The van der Waals surface area contributed by atoms with E-state index >= 15 is 0 Å². The molecule has 6 heteroatoms. The zero-order valence-electron chi connectivity index (χ0n) is 10.9. The number of nitrogens with two attached hydrogens (primary N) is 1. The van der Waals surface area contributed by atoms with Gasteiger partial charge in [0.15, 0.2) is 0 Å². The molecular weight excluding hydrogens is 277 g/mol. The van der Waals surface area contributed by atoms with Crippen LogP contribution in [0.2, 0.25) is 0 Å². The van der Waals surface area contributed by atoms with E-state index in [9.17, 15) is 9.18 Å². The summed E-state index contributed by atoms with van der Waals surface area (Å²) in [6.07, 6.45) is 3.16. The minimum absolute atomic E-state index is 0.199. The topological polar surface area (TPSA) is 68.0 Å². The number of hydrogen-bond donors (Lipinski definition) is 2. The third-order valence-corrected chi connectivity index (χ3v) is 3.73. The van der Waals surface area contributed by atoms with Crippen LogP contribution >= 0.6 is 11.8 Å². The van der Waals surface area contributed by atoms with Crippen molar-refractivity contribution < 1.29 is 9.18 Å². The van der Waals surface area contributed by atoms with E-state index in [0.29, 0.717) is 11.4 Å². The maximum atomic E-state index is 13.1. The van der Waals surface area contributed by atoms with Crippen molar-refractivity contribution in [1.29, 1.82) is 0 Å². The van der Waals surface area contributed by atoms with Gasteiger partial charge in [0.2, 0.25) is 5.91 Å². The first-order chi connectivity index (χ1) is 9.56. The van der Waals surface area contributed by atoms with Crippen LogP contribution in [0.5, 0.6) is 0 Å². The highest BCUT2D eigenvalue weighted by atomic mass is 32.2. The number of anilines is 2. The van der Waals surface area contributed by atoms with E-state index in [-0.39, 0.29) is 17.5 Å². The van der Waals surface area contributed by atoms with Gasteiger partial charge in [0.25, 0.3) is 0 Å². The van der Waals surface area contributed by atoms with Gasteiger partial charge in [0.05, 0.1) is 17.6 Å². The molecule has 0 aliphatic heterocycles. The molecule has 0 saturated heterocycles. The summed E-state index contributed by atoms with van der Waals surface area (Å²) >= 11 is 1.31. The number of nitrogens with one attached hydrogen (secondary N) is 1. The lowest BCUT2D eigenvalue weighted by Crippen LogP contribution is -2.15. The molecule has 0 aliphatic carbocycles. The van der Waals surface area contributed by atoms with Gasteiger partial charge in [0, 0.05) is 16.8 Å². The van der Waals surface area contributed by atoms with Crippen LogP contribution in [0.4, 0.5) is 15.8 Å². The number of nitrogens with zero attached hydrogens (tertiary/aromatic N) is 1. The highest BCUT2D eigenvalue weighted by Gasteiger charge is 2.08. The summed E-state index contributed by atoms with van der Waals surface area (Å²) < 4.78 is 13.1. The molecule has 0 radical (unpaired) electrons. The Hall–Kier alpha value is -2.08. The van der Waals surface area contributed by atoms with Crippen molar-refractivity contribution in [2.45, 2.75) is 11.8 Å². The molecule has 1 aromatic heterocycles. The summed E-state index contributed by atoms with van der Waals surface area (Å²) in [5, 5.41) is 2.68. The number of hydrogen-bond acceptors (Lipinski definition) is 4. The molecule has 0 bridgehead atoms. The van der Waals surface area contributed by atoms with Gasteiger partial charge in [-0.3, -0.25) is 9.78 Å². The Labute approximate surface area is 120 Å². The number of carbonyl (C=O) groups excluding carboxylic acids is 1. The Kier molecular flexibility index (Phi) is 4.57. The molecule has 0 fully saturated rings. The highest BCUT2D eigenvalue weighted by Crippen LogP contribution is 2.24. The molecule has 0 unspecified atom stereocenters. The van der Waals surface area contributed by atoms with Crippen molar-refractivity contribution in [1.82, 2.24) is 4.98 Å². The lowest BCUT2D eigenvalue weighted by Gasteiger charge is -2.09. The molecule has 1 heterocycles. The van der Waals surface area contributed by atoms with E-state index in [2.05, 4.69) is 10.3 Å². The number of aromatic nitrogens is 1. The van der Waals surface area contributed by atoms with E-state index in [0.717, 1.165) is 10.5 Å². The smallest absolute Gasteiger partial charge is 0.234 e. The largest absolute Gasteiger partial charge is 0.397 e. The summed E-state index contributed by atoms with van der Waals surface area (Å²) in [4.78, 5) is 16.5. The Bertz CT molecular complexity index is 634. The van der Waals surface area contributed by atoms with E-state index < -0.39 is 0 Å². The number of benzene rings is 1. The van der Waals surface area contributed by atoms with Gasteiger partial charge in [-0.1, -0.05) is 6.07 Å². The molecule has 0 atom stereocenters. The zero-order valence-corrected chi connectivity index (χ0v) is 11.7. The lowest BCUT2D eigenvalue weighted by molar-refractivity contribution is -0.113. The molecule has 0 aliphatic rings. The van der Waals surface area contributed by atoms with E-state index in [4.69, 9.17) is 5.73 Å². The number of halogens is 1. The van der Waals surface area contributed by atoms with Crippen LogP contribution in [-0.2, 0) is 4.79 Å². The molecule has 4 nitrogen and oxygen atoms in total. The molecule has 0 spiro atoms. The van der Waals surface area contributed by atoms with Gasteiger partial charge in [-0.2, -0.15) is 0 Å². The lowest BCUT2D eigenvalue weighted by atomic mass is 10.2. The fourth-order valence-electron chi connectivity index (χ4n) is 1.58. The summed E-state index contributed by atoms with van der Waals surface area (Å²) in [5.41, 5.74) is 7.57. The molecule has 1 aromatic carbocycles. The number of carbonyl (C=O) groups is 1. The standard InChI is InChI=1S/C14H14FN3OS/c1-9-2-3-10(15)6-12(9)18-14(19)8-20-13-4-5-17-7-11(13)16/h2-7H,8,16H2,1H3,(H,18,19). The second-order valence-electron chi connectivity index (χ2n) is 4.21. The van der Waals surface area contributed by atoms with Crippen molar-refractivity contribution in [2.75, 3.05) is 16.8 Å². The number of aryl methyl sites for hydroxylation is 1. The fourth-order valence-corrected chi connectivity index (χ4v) is 2.32. The second-order valence-corrected chi connectivity index (χ2v) is 5.23. The van der Waals surface area contributed by atoms with Gasteiger partial charge in [0.1, 0.15) is 5.82 Å². The van der Waals surface area contributed by atoms with Crippen molar-refractivity contribution in [2.24, 2.45) is 0 Å². The normalized spacial score (nSPS) is 10.3. The van der Waals surface area contributed by atoms with Crippen molar-refractivity contribution >= 4 is 29.0 Å². The monoisotopic (exact) mass is 291 g/mol. The first-order valence-corrected chi connectivity index (χ1v) is 6.93. The summed E-state index contributed by atoms with van der Waals surface area (Å²) in [6, 6.07) is 6.04. The van der Waals surface area contributed by atoms with Gasteiger partial charge in [-0.15, -0.1) is 11.8 Å². The van der Waals surface area contributed by atoms with E-state index in [1.165, 1.54) is 30.1 Å². The maximum absolute atomic E-state index is 13.1. The van der Waals surface area contributed by atoms with Crippen LogP contribution in [0.15, 0.2) is 41.6 Å². The van der Waals surface area contributed by atoms with Gasteiger partial charge >= 0.3 is 0 Å². The van der Waals surface area contributed by atoms with E-state index in [1.54, 1.807) is 18.3 Å². The van der Waals surface area contributed by atoms with Gasteiger partial charge in [-0.25, -0.2) is 4.39 Å². The second kappa shape index (κ2) is 6.38. The Balaban J connectivity index is 1.96. The number of rotatable bonds is 4. The SMILES string of the molecule is Cc1ccc(F)cc1NC(=O)CSc1ccncc1N. The highest BCUT2D eigenvalue weighted by molar-refractivity contribution is 8.00. The number of nitrogen functional groups attached to an aromatic ring is 1. The first-order valence-electron chi connectivity index (χ1n) is 5.94. The van der Waals surface area contributed by atoms with Crippen molar-refractivity contribution in [3.8, 4) is 0 Å². The van der Waals surface area contributed by atoms with Crippen LogP contribution in [-0.4, -0.2) is 16.6 Å². The minimum Gasteiger partial charge on any atom is -0.397 e. The average Bonchev–Trinajstić information content (AvgIpc) is 2.42. The van der Waals surface area contributed by atoms with Gasteiger partial charge in [-0.05, 0) is 30.7 Å². The third-order valence-electron chi connectivity index (χ3n) is 2.64. The summed E-state index contributed by atoms with van der Waals surface area (Å²) in [5.74, 6) is -0.388. The molecule has 2 aromatic rings. The van der Waals surface area contributed by atoms with Crippen molar-refractivity contribution in [3.05, 3.63) is 48.0 Å². The minimum atomic E-state index is -0.378. The van der Waals surface area contributed by atoms with Gasteiger partial charge < -0.3 is 11.1 Å². The first kappa shape index (κ1) is 14.3. The Morgan fingerprint density at radius 2 is 2.25 bits per heavy atom. The van der Waals surface area contributed by atoms with Crippen LogP contribution < -0.4 is 11.1 Å². The molecule has 20 heavy (non-hydrogen) atoms. The van der Waals surface area contributed by atoms with Crippen LogP contribution in [0.25, 0.3) is 0 Å². The van der Waals surface area contributed by atoms with Crippen LogP contribution in [0, 0.1) is 12.7 Å². The quantitative estimate of drug-likeness (QED) is 0.850.